The molecule has 3 saturated carbocycles. The lowest BCUT2D eigenvalue weighted by molar-refractivity contribution is -0.192. The molecule has 4 rings (SSSR count). The van der Waals surface area contributed by atoms with Crippen molar-refractivity contribution < 1.29 is 33.8 Å². The number of carbonyl (C=O) groups is 4. The Morgan fingerprint density at radius 3 is 2.53 bits per heavy atom. The lowest BCUT2D eigenvalue weighted by atomic mass is 9.46. The zero-order valence-electron chi connectivity index (χ0n) is 19.2. The third-order valence-electron chi connectivity index (χ3n) is 8.81. The Morgan fingerprint density at radius 1 is 1.16 bits per heavy atom. The highest BCUT2D eigenvalue weighted by molar-refractivity contribution is 6.01. The van der Waals surface area contributed by atoms with Crippen LogP contribution in [0.15, 0.2) is 23.8 Å². The van der Waals surface area contributed by atoms with E-state index in [-0.39, 0.29) is 30.0 Å². The van der Waals surface area contributed by atoms with Crippen molar-refractivity contribution in [3.8, 4) is 0 Å². The van der Waals surface area contributed by atoms with Crippen LogP contribution in [0.2, 0.25) is 0 Å². The number of fused-ring (bicyclic) bond motifs is 5. The smallest absolute Gasteiger partial charge is 0.303 e. The molecule has 3 fully saturated rings. The fraction of sp³-hybridized carbons (Fsp3) is 0.680. The number of ether oxygens (including phenoxy) is 2. The predicted molar refractivity (Wildman–Crippen MR) is 114 cm³/mol. The van der Waals surface area contributed by atoms with E-state index in [9.17, 15) is 24.3 Å². The van der Waals surface area contributed by atoms with Gasteiger partial charge in [0, 0.05) is 30.6 Å². The molecule has 4 aliphatic carbocycles. The molecular weight excluding hydrogens is 412 g/mol. The maximum atomic E-state index is 13.1. The molecule has 32 heavy (non-hydrogen) atoms. The summed E-state index contributed by atoms with van der Waals surface area (Å²) in [5.74, 6) is -1.36. The maximum absolute atomic E-state index is 13.1. The molecular formula is C25H32O7. The number of allylic oxidation sites excluding steroid dienone is 4. The Labute approximate surface area is 188 Å². The number of rotatable bonds is 4. The van der Waals surface area contributed by atoms with Gasteiger partial charge in [-0.3, -0.25) is 19.2 Å². The number of Topliss-reactive ketones (excluding diaryl/α,β-unsaturated/α-hetero) is 1. The number of esters is 2. The van der Waals surface area contributed by atoms with Gasteiger partial charge >= 0.3 is 11.9 Å². The van der Waals surface area contributed by atoms with Crippen molar-refractivity contribution >= 4 is 23.5 Å². The van der Waals surface area contributed by atoms with Crippen LogP contribution in [0.1, 0.15) is 59.8 Å². The second kappa shape index (κ2) is 7.65. The summed E-state index contributed by atoms with van der Waals surface area (Å²) in [5, 5.41) is 11.6. The molecule has 7 heteroatoms. The third kappa shape index (κ3) is 3.28. The second-order valence-electron chi connectivity index (χ2n) is 10.4. The predicted octanol–water partition coefficient (Wildman–Crippen LogP) is 2.70. The summed E-state index contributed by atoms with van der Waals surface area (Å²) in [4.78, 5) is 48.4. The average Bonchev–Trinajstić information content (AvgIpc) is 2.97. The Hall–Kier alpha value is -2.28. The van der Waals surface area contributed by atoms with Gasteiger partial charge in [-0.1, -0.05) is 25.5 Å². The molecule has 0 radical (unpaired) electrons. The minimum absolute atomic E-state index is 0.0214. The van der Waals surface area contributed by atoms with Crippen LogP contribution in [0.25, 0.3) is 0 Å². The van der Waals surface area contributed by atoms with Crippen molar-refractivity contribution in [2.45, 2.75) is 71.5 Å². The summed E-state index contributed by atoms with van der Waals surface area (Å²) >= 11 is 0. The van der Waals surface area contributed by atoms with Gasteiger partial charge < -0.3 is 14.6 Å². The number of ketones is 2. The third-order valence-corrected chi connectivity index (χ3v) is 8.81. The molecule has 0 bridgehead atoms. The monoisotopic (exact) mass is 444 g/mol. The van der Waals surface area contributed by atoms with Crippen molar-refractivity contribution in [2.24, 2.45) is 28.6 Å². The summed E-state index contributed by atoms with van der Waals surface area (Å²) in [6.07, 6.45) is 7.62. The molecule has 0 aromatic heterocycles. The molecule has 0 aliphatic heterocycles. The molecule has 7 atom stereocenters. The normalized spacial score (nSPS) is 42.3. The molecule has 0 amide bonds. The zero-order chi connectivity index (χ0) is 23.5. The van der Waals surface area contributed by atoms with Gasteiger partial charge in [0.2, 0.25) is 5.78 Å². The van der Waals surface area contributed by atoms with Gasteiger partial charge in [0.1, 0.15) is 11.7 Å². The largest absolute Gasteiger partial charge is 0.462 e. The van der Waals surface area contributed by atoms with E-state index in [0.717, 1.165) is 18.4 Å². The van der Waals surface area contributed by atoms with E-state index in [0.29, 0.717) is 12.8 Å². The van der Waals surface area contributed by atoms with E-state index in [4.69, 9.17) is 9.47 Å². The van der Waals surface area contributed by atoms with Gasteiger partial charge in [0.25, 0.3) is 0 Å². The minimum atomic E-state index is -1.65. The summed E-state index contributed by atoms with van der Waals surface area (Å²) in [6.45, 7) is 6.16. The van der Waals surface area contributed by atoms with Crippen LogP contribution in [0.5, 0.6) is 0 Å². The standard InChI is InChI=1S/C25H32O7/c1-14(26)31-13-21(29)25(30)10-8-19-18-6-5-16-11-17(28)7-9-23(16,3)22(18)20(32-15(2)27)12-24(19,25)4/h7,9,11,18-20,22,30H,5-6,8,10,12-13H2,1-4H3/t18-,19-,20-,22-,23-,24-,25-/m0/s1. The fourth-order valence-corrected chi connectivity index (χ4v) is 7.36. The Kier molecular flexibility index (Phi) is 5.47. The van der Waals surface area contributed by atoms with Crippen LogP contribution in [0.3, 0.4) is 0 Å². The number of hydrogen-bond acceptors (Lipinski definition) is 7. The zero-order valence-corrected chi connectivity index (χ0v) is 19.2. The molecule has 4 aliphatic rings. The van der Waals surface area contributed by atoms with Crippen molar-refractivity contribution in [3.63, 3.8) is 0 Å². The highest BCUT2D eigenvalue weighted by atomic mass is 16.5. The first-order valence-corrected chi connectivity index (χ1v) is 11.4. The quantitative estimate of drug-likeness (QED) is 0.664. The van der Waals surface area contributed by atoms with E-state index in [2.05, 4.69) is 6.92 Å². The SMILES string of the molecule is CC(=O)OCC(=O)[C@@]1(O)CC[C@H]2[C@@H]3CCC4=CC(=O)C=C[C@]4(C)[C@@H]3[C@@H](OC(C)=O)C[C@@]21C. The molecule has 0 saturated heterocycles. The summed E-state index contributed by atoms with van der Waals surface area (Å²) < 4.78 is 10.8. The first kappa shape index (κ1) is 22.9. The lowest BCUT2D eigenvalue weighted by Gasteiger charge is -2.60. The molecule has 1 N–H and O–H groups in total. The first-order chi connectivity index (χ1) is 14.9. The second-order valence-corrected chi connectivity index (χ2v) is 10.4. The van der Waals surface area contributed by atoms with Crippen LogP contribution in [-0.4, -0.2) is 46.9 Å². The van der Waals surface area contributed by atoms with Gasteiger partial charge in [-0.05, 0) is 56.1 Å². The Balaban J connectivity index is 1.73. The van der Waals surface area contributed by atoms with E-state index < -0.39 is 46.9 Å². The molecule has 7 nitrogen and oxygen atoms in total. The maximum Gasteiger partial charge on any atom is 0.303 e. The average molecular weight is 445 g/mol. The van der Waals surface area contributed by atoms with Gasteiger partial charge in [-0.25, -0.2) is 0 Å². The molecule has 0 spiro atoms. The van der Waals surface area contributed by atoms with Gasteiger partial charge in [0.15, 0.2) is 12.4 Å². The lowest BCUT2D eigenvalue weighted by Crippen LogP contribution is -2.62. The van der Waals surface area contributed by atoms with Crippen molar-refractivity contribution in [2.75, 3.05) is 6.61 Å². The summed E-state index contributed by atoms with van der Waals surface area (Å²) in [6, 6.07) is 0. The Bertz CT molecular complexity index is 933. The first-order valence-electron chi connectivity index (χ1n) is 11.4. The summed E-state index contributed by atoms with van der Waals surface area (Å²) in [5.41, 5.74) is -1.81. The molecule has 0 heterocycles. The van der Waals surface area contributed by atoms with Crippen LogP contribution in [-0.2, 0) is 28.7 Å². The fourth-order valence-electron chi connectivity index (χ4n) is 7.36. The molecule has 0 aromatic rings. The minimum Gasteiger partial charge on any atom is -0.462 e. The van der Waals surface area contributed by atoms with E-state index in [1.165, 1.54) is 13.8 Å². The molecule has 0 unspecified atom stereocenters. The highest BCUT2D eigenvalue weighted by Crippen LogP contribution is 2.67. The Morgan fingerprint density at radius 2 is 1.88 bits per heavy atom. The van der Waals surface area contributed by atoms with Crippen LogP contribution in [0, 0.1) is 28.6 Å². The molecule has 0 aromatic carbocycles. The van der Waals surface area contributed by atoms with Crippen molar-refractivity contribution in [1.82, 2.24) is 0 Å². The number of hydrogen-bond donors (Lipinski definition) is 1. The van der Waals surface area contributed by atoms with Gasteiger partial charge in [0.05, 0.1) is 0 Å². The molecule has 174 valence electrons. The van der Waals surface area contributed by atoms with E-state index in [1.807, 2.05) is 13.0 Å². The van der Waals surface area contributed by atoms with Crippen LogP contribution >= 0.6 is 0 Å². The topological polar surface area (TPSA) is 107 Å². The number of aliphatic hydroxyl groups is 1. The van der Waals surface area contributed by atoms with E-state index in [1.54, 1.807) is 12.2 Å². The highest BCUT2D eigenvalue weighted by Gasteiger charge is 2.68. The van der Waals surface area contributed by atoms with Crippen molar-refractivity contribution in [3.05, 3.63) is 23.8 Å². The van der Waals surface area contributed by atoms with Crippen LogP contribution in [0.4, 0.5) is 0 Å². The summed E-state index contributed by atoms with van der Waals surface area (Å²) in [7, 11) is 0. The number of carbonyl (C=O) groups excluding carboxylic acids is 4. The van der Waals surface area contributed by atoms with Gasteiger partial charge in [-0.2, -0.15) is 0 Å². The van der Waals surface area contributed by atoms with Crippen molar-refractivity contribution in [1.29, 1.82) is 0 Å². The van der Waals surface area contributed by atoms with Gasteiger partial charge in [-0.15, -0.1) is 0 Å². The van der Waals surface area contributed by atoms with E-state index >= 15 is 0 Å². The van der Waals surface area contributed by atoms with Crippen LogP contribution < -0.4 is 0 Å².